The van der Waals surface area contributed by atoms with Crippen LogP contribution in [0.5, 0.6) is 0 Å². The third kappa shape index (κ3) is 6.02. The van der Waals surface area contributed by atoms with Gasteiger partial charge in [-0.25, -0.2) is 4.39 Å². The maximum Gasteiger partial charge on any atom is 0.204 e. The first-order chi connectivity index (χ1) is 15.2. The number of aryl methyl sites for hydroxylation is 2. The first-order valence-corrected chi connectivity index (χ1v) is 10.5. The van der Waals surface area contributed by atoms with Gasteiger partial charge >= 0.3 is 0 Å². The highest BCUT2D eigenvalue weighted by molar-refractivity contribution is 6.36. The Morgan fingerprint density at radius 2 is 1.91 bits per heavy atom. The van der Waals surface area contributed by atoms with Gasteiger partial charge in [0.2, 0.25) is 6.41 Å². The highest BCUT2D eigenvalue weighted by Crippen LogP contribution is 2.33. The van der Waals surface area contributed by atoms with Crippen LogP contribution in [-0.4, -0.2) is 11.1 Å². The van der Waals surface area contributed by atoms with E-state index < -0.39 is 11.9 Å². The zero-order chi connectivity index (χ0) is 23.8. The summed E-state index contributed by atoms with van der Waals surface area (Å²) >= 11 is 12.4. The van der Waals surface area contributed by atoms with E-state index in [1.54, 1.807) is 11.7 Å². The Labute approximate surface area is 197 Å². The number of allylic oxidation sites excluding steroid dienone is 2. The molecule has 3 aromatic rings. The molecule has 0 bridgehead atoms. The molecule has 4 nitrogen and oxygen atoms in total. The van der Waals surface area contributed by atoms with Gasteiger partial charge in [0, 0.05) is 16.8 Å². The third-order valence-corrected chi connectivity index (χ3v) is 5.44. The number of benzene rings is 2. The molecule has 168 valence electrons. The SMILES string of the molecule is C=C/C(=C\c1c(C)ccn1OC(C)c1c(Cl)ccc(F)c1Cl)c1cccc(C)c1.NC=O. The van der Waals surface area contributed by atoms with Gasteiger partial charge in [-0.15, -0.1) is 0 Å². The van der Waals surface area contributed by atoms with Crippen molar-refractivity contribution in [2.45, 2.75) is 26.9 Å². The number of nitrogens with zero attached hydrogens (tertiary/aromatic N) is 1. The smallest absolute Gasteiger partial charge is 0.204 e. The Morgan fingerprint density at radius 1 is 1.22 bits per heavy atom. The van der Waals surface area contributed by atoms with Crippen molar-refractivity contribution in [1.29, 1.82) is 0 Å². The number of rotatable bonds is 6. The molecule has 1 aromatic heterocycles. The molecular weight excluding hydrogens is 450 g/mol. The summed E-state index contributed by atoms with van der Waals surface area (Å²) < 4.78 is 15.6. The number of nitrogens with two attached hydrogens (primary N) is 1. The number of hydrogen-bond acceptors (Lipinski definition) is 2. The molecule has 0 aliphatic heterocycles. The molecule has 2 aromatic carbocycles. The molecule has 0 saturated heterocycles. The number of aromatic nitrogens is 1. The van der Waals surface area contributed by atoms with Crippen molar-refractivity contribution >= 4 is 41.3 Å². The van der Waals surface area contributed by atoms with E-state index in [1.807, 2.05) is 43.5 Å². The second-order valence-electron chi connectivity index (χ2n) is 7.02. The fourth-order valence-corrected chi connectivity index (χ4v) is 3.84. The molecule has 0 aliphatic rings. The summed E-state index contributed by atoms with van der Waals surface area (Å²) in [6.45, 7) is 9.78. The summed E-state index contributed by atoms with van der Waals surface area (Å²) in [7, 11) is 0. The minimum Gasteiger partial charge on any atom is -0.406 e. The van der Waals surface area contributed by atoms with Crippen LogP contribution >= 0.6 is 23.2 Å². The molecule has 32 heavy (non-hydrogen) atoms. The Bertz CT molecular complexity index is 1140. The Hall–Kier alpha value is -3.02. The Balaban J connectivity index is 0.00000114. The zero-order valence-electron chi connectivity index (χ0n) is 18.1. The van der Waals surface area contributed by atoms with Gasteiger partial charge in [-0.2, -0.15) is 4.73 Å². The maximum atomic E-state index is 13.9. The van der Waals surface area contributed by atoms with Crippen molar-refractivity contribution in [3.63, 3.8) is 0 Å². The highest BCUT2D eigenvalue weighted by atomic mass is 35.5. The summed E-state index contributed by atoms with van der Waals surface area (Å²) in [5.41, 5.74) is 9.67. The van der Waals surface area contributed by atoms with Crippen LogP contribution in [0, 0.1) is 19.7 Å². The van der Waals surface area contributed by atoms with Gasteiger partial charge in [0.05, 0.1) is 10.7 Å². The molecule has 2 N–H and O–H groups in total. The van der Waals surface area contributed by atoms with E-state index in [2.05, 4.69) is 31.4 Å². The summed E-state index contributed by atoms with van der Waals surface area (Å²) in [4.78, 5) is 14.7. The average Bonchev–Trinajstić information content (AvgIpc) is 3.08. The van der Waals surface area contributed by atoms with Crippen LogP contribution in [0.4, 0.5) is 4.39 Å². The normalized spacial score (nSPS) is 11.9. The molecule has 7 heteroatoms. The standard InChI is InChI=1S/C24H22Cl2FNO.CH3NO/c1-5-18(19-8-6-7-15(2)13-19)14-22-16(3)11-12-28(22)29-17(4)23-20(25)9-10-21(27)24(23)26;2-1-3/h5-14,17H,1H2,2-4H3;1H,(H2,2,3)/b18-14+;. The fourth-order valence-electron chi connectivity index (χ4n) is 3.16. The van der Waals surface area contributed by atoms with Crippen molar-refractivity contribution in [1.82, 2.24) is 4.73 Å². The van der Waals surface area contributed by atoms with E-state index in [-0.39, 0.29) is 11.4 Å². The van der Waals surface area contributed by atoms with Crippen LogP contribution in [0.3, 0.4) is 0 Å². The maximum absolute atomic E-state index is 13.9. The van der Waals surface area contributed by atoms with Gasteiger partial charge in [-0.3, -0.25) is 4.79 Å². The molecule has 3 rings (SSSR count). The van der Waals surface area contributed by atoms with Gasteiger partial charge < -0.3 is 10.6 Å². The molecule has 0 saturated carbocycles. The molecule has 1 unspecified atom stereocenters. The molecule has 0 fully saturated rings. The van der Waals surface area contributed by atoms with Gasteiger partial charge in [-0.1, -0.05) is 65.7 Å². The van der Waals surface area contributed by atoms with E-state index in [0.717, 1.165) is 22.4 Å². The number of carbonyl (C=O) groups is 1. The Kier molecular flexibility index (Phi) is 9.12. The van der Waals surface area contributed by atoms with Crippen LogP contribution in [0.1, 0.15) is 41.0 Å². The van der Waals surface area contributed by atoms with Crippen LogP contribution in [0.2, 0.25) is 10.0 Å². The number of halogens is 3. The number of carbonyl (C=O) groups excluding carboxylic acids is 1. The molecule has 0 radical (unpaired) electrons. The van der Waals surface area contributed by atoms with Crippen LogP contribution in [0.15, 0.2) is 61.3 Å². The molecule has 1 amide bonds. The second-order valence-corrected chi connectivity index (χ2v) is 7.81. The topological polar surface area (TPSA) is 57.2 Å². The van der Waals surface area contributed by atoms with Gasteiger partial charge in [0.25, 0.3) is 0 Å². The van der Waals surface area contributed by atoms with E-state index in [0.29, 0.717) is 10.6 Å². The molecule has 0 aliphatic carbocycles. The van der Waals surface area contributed by atoms with E-state index in [1.165, 1.54) is 17.7 Å². The molecular formula is C25H25Cl2FN2O2. The van der Waals surface area contributed by atoms with E-state index in [9.17, 15) is 4.39 Å². The summed E-state index contributed by atoms with van der Waals surface area (Å²) in [6.07, 6.45) is 5.33. The summed E-state index contributed by atoms with van der Waals surface area (Å²) in [5, 5.41) is 0.328. The number of hydrogen-bond donors (Lipinski definition) is 1. The largest absolute Gasteiger partial charge is 0.406 e. The molecule has 1 atom stereocenters. The lowest BCUT2D eigenvalue weighted by Gasteiger charge is -2.19. The fraction of sp³-hybridized carbons (Fsp3) is 0.160. The van der Waals surface area contributed by atoms with Crippen LogP contribution in [0.25, 0.3) is 11.6 Å². The minimum atomic E-state index is -0.559. The minimum absolute atomic E-state index is 0.0301. The molecule has 1 heterocycles. The van der Waals surface area contributed by atoms with Crippen molar-refractivity contribution in [3.05, 3.63) is 105 Å². The highest BCUT2D eigenvalue weighted by Gasteiger charge is 2.20. The Morgan fingerprint density at radius 3 is 2.53 bits per heavy atom. The van der Waals surface area contributed by atoms with Crippen molar-refractivity contribution < 1.29 is 14.0 Å². The lowest BCUT2D eigenvalue weighted by Crippen LogP contribution is -2.17. The predicted octanol–water partition coefficient (Wildman–Crippen LogP) is 6.57. The van der Waals surface area contributed by atoms with Gasteiger partial charge in [-0.05, 0) is 61.7 Å². The summed E-state index contributed by atoms with van der Waals surface area (Å²) in [6, 6.07) is 12.9. The number of amides is 1. The predicted molar refractivity (Wildman–Crippen MR) is 130 cm³/mol. The average molecular weight is 475 g/mol. The first-order valence-electron chi connectivity index (χ1n) is 9.78. The lowest BCUT2D eigenvalue weighted by atomic mass is 10.0. The van der Waals surface area contributed by atoms with Crippen molar-refractivity contribution in [2.24, 2.45) is 5.73 Å². The second kappa shape index (κ2) is 11.6. The van der Waals surface area contributed by atoms with Crippen LogP contribution in [-0.2, 0) is 4.79 Å². The van der Waals surface area contributed by atoms with Crippen molar-refractivity contribution in [2.75, 3.05) is 0 Å². The number of primary amides is 1. The third-order valence-electron chi connectivity index (χ3n) is 4.72. The van der Waals surface area contributed by atoms with E-state index in [4.69, 9.17) is 32.8 Å². The monoisotopic (exact) mass is 474 g/mol. The lowest BCUT2D eigenvalue weighted by molar-refractivity contribution is -0.106. The van der Waals surface area contributed by atoms with Gasteiger partial charge in [0.15, 0.2) is 6.10 Å². The summed E-state index contributed by atoms with van der Waals surface area (Å²) in [5.74, 6) is -0.529. The molecule has 0 spiro atoms. The van der Waals surface area contributed by atoms with Crippen LogP contribution < -0.4 is 10.6 Å². The van der Waals surface area contributed by atoms with Crippen molar-refractivity contribution in [3.8, 4) is 0 Å². The van der Waals surface area contributed by atoms with Gasteiger partial charge in [0.1, 0.15) is 5.82 Å². The first kappa shape index (κ1) is 25.2. The van der Waals surface area contributed by atoms with E-state index >= 15 is 0 Å². The zero-order valence-corrected chi connectivity index (χ0v) is 19.6. The quantitative estimate of drug-likeness (QED) is 0.249.